The van der Waals surface area contributed by atoms with Crippen LogP contribution < -0.4 is 10.6 Å². The van der Waals surface area contributed by atoms with E-state index in [0.29, 0.717) is 30.3 Å². The fourth-order valence-corrected chi connectivity index (χ4v) is 3.80. The van der Waals surface area contributed by atoms with Crippen LogP contribution in [0.2, 0.25) is 0 Å². The van der Waals surface area contributed by atoms with Gasteiger partial charge >= 0.3 is 6.03 Å². The van der Waals surface area contributed by atoms with Gasteiger partial charge in [0.15, 0.2) is 0 Å². The third-order valence-electron chi connectivity index (χ3n) is 5.00. The molecule has 0 aliphatic carbocycles. The summed E-state index contributed by atoms with van der Waals surface area (Å²) < 4.78 is 0. The zero-order valence-corrected chi connectivity index (χ0v) is 16.3. The molecule has 0 aromatic heterocycles. The molecule has 1 atom stereocenters. The normalized spacial score (nSPS) is 19.7. The number of nitrogens with one attached hydrogen (secondary N) is 2. The number of carbonyl (C=O) groups is 2. The van der Waals surface area contributed by atoms with Crippen LogP contribution in [0.4, 0.5) is 10.5 Å². The summed E-state index contributed by atoms with van der Waals surface area (Å²) in [4.78, 5) is 26.8. The van der Waals surface area contributed by atoms with Gasteiger partial charge in [0.05, 0.1) is 12.1 Å². The molecule has 144 valence electrons. The summed E-state index contributed by atoms with van der Waals surface area (Å²) in [6.45, 7) is 9.12. The summed E-state index contributed by atoms with van der Waals surface area (Å²) in [7, 11) is 0. The number of likely N-dealkylation sites (tertiary alicyclic amines) is 1. The number of carbonyl (C=O) groups excluding carboxylic acids is 2. The fourth-order valence-electron chi connectivity index (χ4n) is 3.80. The number of hydrogen-bond acceptors (Lipinski definition) is 3. The Hall–Kier alpha value is -2.08. The third kappa shape index (κ3) is 4.36. The number of hydrogen-bond donors (Lipinski definition) is 3. The summed E-state index contributed by atoms with van der Waals surface area (Å²) in [5, 5.41) is 15.7. The van der Waals surface area contributed by atoms with Crippen LogP contribution in [0.3, 0.4) is 0 Å². The molecule has 0 unspecified atom stereocenters. The monoisotopic (exact) mass is 361 g/mol. The fraction of sp³-hybridized carbons (Fsp3) is 0.600. The maximum absolute atomic E-state index is 12.9. The molecular weight excluding hydrogens is 330 g/mol. The summed E-state index contributed by atoms with van der Waals surface area (Å²) in [6.07, 6.45) is 2.47. The Morgan fingerprint density at radius 3 is 2.69 bits per heavy atom. The van der Waals surface area contributed by atoms with E-state index >= 15 is 0 Å². The molecule has 0 saturated carbocycles. The summed E-state index contributed by atoms with van der Waals surface area (Å²) >= 11 is 0. The first-order valence-electron chi connectivity index (χ1n) is 9.41. The van der Waals surface area contributed by atoms with E-state index in [2.05, 4.69) is 24.5 Å². The maximum Gasteiger partial charge on any atom is 0.322 e. The third-order valence-corrected chi connectivity index (χ3v) is 5.00. The predicted octanol–water partition coefficient (Wildman–Crippen LogP) is 3.15. The van der Waals surface area contributed by atoms with E-state index in [9.17, 15) is 14.7 Å². The van der Waals surface area contributed by atoms with Gasteiger partial charge in [-0.15, -0.1) is 0 Å². The molecule has 6 nitrogen and oxygen atoms in total. The zero-order valence-electron chi connectivity index (χ0n) is 16.3. The lowest BCUT2D eigenvalue weighted by atomic mass is 9.87. The Morgan fingerprint density at radius 1 is 1.35 bits per heavy atom. The van der Waals surface area contributed by atoms with Crippen LogP contribution in [0.1, 0.15) is 56.0 Å². The van der Waals surface area contributed by atoms with Crippen molar-refractivity contribution in [3.05, 3.63) is 29.3 Å². The lowest BCUT2D eigenvalue weighted by Gasteiger charge is -2.38. The van der Waals surface area contributed by atoms with E-state index in [-0.39, 0.29) is 18.5 Å². The Morgan fingerprint density at radius 2 is 2.08 bits per heavy atom. The van der Waals surface area contributed by atoms with E-state index in [1.54, 1.807) is 17.0 Å². The van der Waals surface area contributed by atoms with Gasteiger partial charge < -0.3 is 20.6 Å². The van der Waals surface area contributed by atoms with Crippen LogP contribution in [0.25, 0.3) is 0 Å². The summed E-state index contributed by atoms with van der Waals surface area (Å²) in [5.41, 5.74) is 1.54. The highest BCUT2D eigenvalue weighted by molar-refractivity contribution is 5.97. The molecule has 1 aromatic carbocycles. The van der Waals surface area contributed by atoms with Gasteiger partial charge in [-0.3, -0.25) is 4.79 Å². The van der Waals surface area contributed by atoms with Crippen LogP contribution in [0.5, 0.6) is 0 Å². The number of rotatable bonds is 6. The van der Waals surface area contributed by atoms with Crippen LogP contribution in [0, 0.1) is 12.8 Å². The van der Waals surface area contributed by atoms with Crippen molar-refractivity contribution in [2.75, 3.05) is 25.0 Å². The van der Waals surface area contributed by atoms with Gasteiger partial charge in [-0.05, 0) is 56.7 Å². The molecule has 6 heteroatoms. The van der Waals surface area contributed by atoms with E-state index in [1.165, 1.54) is 0 Å². The second-order valence-electron chi connectivity index (χ2n) is 7.55. The van der Waals surface area contributed by atoms with Gasteiger partial charge in [-0.25, -0.2) is 4.79 Å². The topological polar surface area (TPSA) is 81.7 Å². The van der Waals surface area contributed by atoms with E-state index in [1.807, 2.05) is 19.9 Å². The highest BCUT2D eigenvalue weighted by atomic mass is 16.3. The molecule has 1 heterocycles. The van der Waals surface area contributed by atoms with Gasteiger partial charge in [0.2, 0.25) is 0 Å². The number of urea groups is 1. The molecule has 0 spiro atoms. The van der Waals surface area contributed by atoms with Crippen molar-refractivity contribution in [3.63, 3.8) is 0 Å². The highest BCUT2D eigenvalue weighted by Crippen LogP contribution is 2.35. The quantitative estimate of drug-likeness (QED) is 0.728. The van der Waals surface area contributed by atoms with Crippen LogP contribution in [-0.4, -0.2) is 47.2 Å². The van der Waals surface area contributed by atoms with Crippen molar-refractivity contribution in [2.45, 2.75) is 52.5 Å². The van der Waals surface area contributed by atoms with Gasteiger partial charge in [-0.2, -0.15) is 0 Å². The molecule has 2 rings (SSSR count). The van der Waals surface area contributed by atoms with Crippen LogP contribution in [0.15, 0.2) is 18.2 Å². The number of aliphatic hydroxyl groups is 1. The first-order valence-corrected chi connectivity index (χ1v) is 9.41. The molecular formula is C20H31N3O3. The number of aryl methyl sites for hydroxylation is 1. The number of nitrogens with zero attached hydrogens (tertiary/aromatic N) is 1. The smallest absolute Gasteiger partial charge is 0.322 e. The van der Waals surface area contributed by atoms with E-state index in [4.69, 9.17) is 0 Å². The lowest BCUT2D eigenvalue weighted by molar-refractivity contribution is 0.0727. The highest BCUT2D eigenvalue weighted by Gasteiger charge is 2.43. The Balaban J connectivity index is 2.21. The van der Waals surface area contributed by atoms with Gasteiger partial charge in [0.1, 0.15) is 0 Å². The Bertz CT molecular complexity index is 660. The maximum atomic E-state index is 12.9. The van der Waals surface area contributed by atoms with Crippen molar-refractivity contribution < 1.29 is 14.7 Å². The lowest BCUT2D eigenvalue weighted by Crippen LogP contribution is -2.52. The minimum atomic E-state index is -0.497. The van der Waals surface area contributed by atoms with Gasteiger partial charge in [0.25, 0.3) is 5.91 Å². The molecule has 3 amide bonds. The van der Waals surface area contributed by atoms with E-state index in [0.717, 1.165) is 24.8 Å². The van der Waals surface area contributed by atoms with Crippen molar-refractivity contribution in [2.24, 2.45) is 5.92 Å². The Labute approximate surface area is 156 Å². The van der Waals surface area contributed by atoms with Crippen LogP contribution in [-0.2, 0) is 0 Å². The van der Waals surface area contributed by atoms with E-state index < -0.39 is 5.54 Å². The number of benzene rings is 1. The Kier molecular flexibility index (Phi) is 6.64. The second kappa shape index (κ2) is 8.54. The predicted molar refractivity (Wildman–Crippen MR) is 103 cm³/mol. The number of anilines is 1. The molecule has 1 aliphatic rings. The molecule has 0 radical (unpaired) electrons. The molecule has 1 aliphatic heterocycles. The van der Waals surface area contributed by atoms with Crippen molar-refractivity contribution in [3.8, 4) is 0 Å². The SMILES string of the molecule is CCNC(=O)c1ccc(C)c(NC(=O)N2CCC[C@@]2(CO)CC(C)C)c1. The molecule has 3 N–H and O–H groups in total. The second-order valence-corrected chi connectivity index (χ2v) is 7.55. The molecule has 0 bridgehead atoms. The first-order chi connectivity index (χ1) is 12.3. The van der Waals surface area contributed by atoms with Crippen molar-refractivity contribution in [1.82, 2.24) is 10.2 Å². The average molecular weight is 361 g/mol. The number of aliphatic hydroxyl groups excluding tert-OH is 1. The van der Waals surface area contributed by atoms with Crippen molar-refractivity contribution >= 4 is 17.6 Å². The van der Waals surface area contributed by atoms with Crippen molar-refractivity contribution in [1.29, 1.82) is 0 Å². The van der Waals surface area contributed by atoms with Gasteiger partial charge in [0, 0.05) is 24.3 Å². The number of amides is 3. The molecule has 1 aromatic rings. The first kappa shape index (κ1) is 20.2. The minimum absolute atomic E-state index is 0.0312. The average Bonchev–Trinajstić information content (AvgIpc) is 3.00. The molecule has 26 heavy (non-hydrogen) atoms. The van der Waals surface area contributed by atoms with Gasteiger partial charge in [-0.1, -0.05) is 19.9 Å². The summed E-state index contributed by atoms with van der Waals surface area (Å²) in [5.74, 6) is 0.229. The molecule has 1 fully saturated rings. The summed E-state index contributed by atoms with van der Waals surface area (Å²) in [6, 6.07) is 5.07. The largest absolute Gasteiger partial charge is 0.394 e. The van der Waals surface area contributed by atoms with Crippen LogP contribution >= 0.6 is 0 Å². The minimum Gasteiger partial charge on any atom is -0.394 e. The zero-order chi connectivity index (χ0) is 19.3. The molecule has 1 saturated heterocycles. The standard InChI is InChI=1S/C20H31N3O3/c1-5-21-18(25)16-8-7-15(4)17(11-16)22-19(26)23-10-6-9-20(23,13-24)12-14(2)3/h7-8,11,14,24H,5-6,9-10,12-13H2,1-4H3,(H,21,25)(H,22,26)/t20-/m0/s1.